The Labute approximate surface area is 199 Å². The van der Waals surface area contributed by atoms with Crippen LogP contribution in [0.15, 0.2) is 48.9 Å². The Kier molecular flexibility index (Phi) is 5.20. The van der Waals surface area contributed by atoms with Gasteiger partial charge in [-0.15, -0.1) is 0 Å². The number of likely N-dealkylation sites (tertiary alicyclic amines) is 1. The second kappa shape index (κ2) is 8.38. The molecule has 34 heavy (non-hydrogen) atoms. The topological polar surface area (TPSA) is 94.1 Å². The standard InChI is InChI=1S/C27H29N5O2/c28-27-24-6-5-19(23(24)7-8-29-27)10-25(33)22-12-30-32(16-22)14-18-3-1-17(2-4-18)13-31-15-21-9-20(21)11-26(31)34/h1-4,7-8,12,16,19-21H,5-6,9-11,13-15H2,(H2,28,29)/t19-,20?,21?/m0/s1. The molecule has 7 nitrogen and oxygen atoms in total. The van der Waals surface area contributed by atoms with Gasteiger partial charge in [0.05, 0.1) is 18.3 Å². The maximum Gasteiger partial charge on any atom is 0.223 e. The number of hydrogen-bond acceptors (Lipinski definition) is 5. The van der Waals surface area contributed by atoms with Gasteiger partial charge >= 0.3 is 0 Å². The number of nitrogens with two attached hydrogens (primary N) is 1. The van der Waals surface area contributed by atoms with Gasteiger partial charge in [-0.2, -0.15) is 5.10 Å². The number of nitrogen functional groups attached to an aromatic ring is 1. The predicted octanol–water partition coefficient (Wildman–Crippen LogP) is 3.58. The summed E-state index contributed by atoms with van der Waals surface area (Å²) in [6, 6.07) is 10.3. The summed E-state index contributed by atoms with van der Waals surface area (Å²) in [5, 5.41) is 4.42. The number of hydrogen-bond donors (Lipinski definition) is 1. The van der Waals surface area contributed by atoms with Gasteiger partial charge in [-0.25, -0.2) is 4.98 Å². The van der Waals surface area contributed by atoms with Crippen LogP contribution in [0.2, 0.25) is 0 Å². The summed E-state index contributed by atoms with van der Waals surface area (Å²) in [5.41, 5.74) is 11.2. The van der Waals surface area contributed by atoms with Gasteiger partial charge in [0.25, 0.3) is 0 Å². The number of nitrogens with zero attached hydrogens (tertiary/aromatic N) is 4. The van der Waals surface area contributed by atoms with Gasteiger partial charge in [-0.1, -0.05) is 24.3 Å². The first-order chi connectivity index (χ1) is 16.5. The molecule has 2 unspecified atom stereocenters. The van der Waals surface area contributed by atoms with Crippen molar-refractivity contribution in [1.29, 1.82) is 0 Å². The number of benzene rings is 1. The van der Waals surface area contributed by atoms with Crippen molar-refractivity contribution < 1.29 is 9.59 Å². The number of Topliss-reactive ketones (excluding diaryl/α,β-unsaturated/α-hetero) is 1. The second-order valence-corrected chi connectivity index (χ2v) is 10.1. The number of fused-ring (bicyclic) bond motifs is 2. The first kappa shape index (κ1) is 21.1. The second-order valence-electron chi connectivity index (χ2n) is 10.1. The van der Waals surface area contributed by atoms with Crippen LogP contribution in [0.3, 0.4) is 0 Å². The van der Waals surface area contributed by atoms with Crippen molar-refractivity contribution in [2.75, 3.05) is 12.3 Å². The Bertz CT molecular complexity index is 1250. The quantitative estimate of drug-likeness (QED) is 0.550. The third-order valence-corrected chi connectivity index (χ3v) is 7.75. The first-order valence-electron chi connectivity index (χ1n) is 12.2. The van der Waals surface area contributed by atoms with E-state index in [0.29, 0.717) is 36.8 Å². The largest absolute Gasteiger partial charge is 0.383 e. The van der Waals surface area contributed by atoms with E-state index in [4.69, 9.17) is 5.73 Å². The smallest absolute Gasteiger partial charge is 0.223 e. The van der Waals surface area contributed by atoms with E-state index in [9.17, 15) is 9.59 Å². The Hall–Kier alpha value is -3.48. The molecular formula is C27H29N5O2. The predicted molar refractivity (Wildman–Crippen MR) is 128 cm³/mol. The Morgan fingerprint density at radius 3 is 2.71 bits per heavy atom. The highest BCUT2D eigenvalue weighted by atomic mass is 16.2. The van der Waals surface area contributed by atoms with Crippen molar-refractivity contribution in [2.24, 2.45) is 11.8 Å². The summed E-state index contributed by atoms with van der Waals surface area (Å²) >= 11 is 0. The van der Waals surface area contributed by atoms with Crippen LogP contribution >= 0.6 is 0 Å². The first-order valence-corrected chi connectivity index (χ1v) is 12.2. The van der Waals surface area contributed by atoms with E-state index in [1.807, 2.05) is 21.8 Å². The van der Waals surface area contributed by atoms with Crippen LogP contribution in [-0.2, 0) is 24.3 Å². The van der Waals surface area contributed by atoms with Crippen molar-refractivity contribution in [2.45, 2.75) is 51.1 Å². The molecule has 1 aliphatic heterocycles. The minimum atomic E-state index is 0.110. The van der Waals surface area contributed by atoms with Crippen LogP contribution in [0.4, 0.5) is 5.82 Å². The normalized spacial score (nSPS) is 23.0. The van der Waals surface area contributed by atoms with E-state index in [2.05, 4.69) is 34.3 Å². The van der Waals surface area contributed by atoms with Crippen LogP contribution in [0, 0.1) is 11.8 Å². The monoisotopic (exact) mass is 455 g/mol. The fraction of sp³-hybridized carbons (Fsp3) is 0.407. The fourth-order valence-corrected chi connectivity index (χ4v) is 5.63. The summed E-state index contributed by atoms with van der Waals surface area (Å²) in [5.74, 6) is 2.57. The van der Waals surface area contributed by atoms with Crippen molar-refractivity contribution in [3.05, 3.63) is 76.7 Å². The van der Waals surface area contributed by atoms with Crippen molar-refractivity contribution >= 4 is 17.5 Å². The molecule has 3 atom stereocenters. The van der Waals surface area contributed by atoms with Crippen LogP contribution in [-0.4, -0.2) is 37.9 Å². The van der Waals surface area contributed by atoms with Gasteiger partial charge in [0.1, 0.15) is 5.82 Å². The molecule has 1 saturated carbocycles. The maximum absolute atomic E-state index is 12.9. The molecule has 0 spiro atoms. The molecule has 2 fully saturated rings. The van der Waals surface area contributed by atoms with Crippen LogP contribution in [0.5, 0.6) is 0 Å². The van der Waals surface area contributed by atoms with Crippen LogP contribution in [0.1, 0.15) is 64.2 Å². The van der Waals surface area contributed by atoms with Gasteiger partial charge in [0.15, 0.2) is 5.78 Å². The molecule has 7 heteroatoms. The van der Waals surface area contributed by atoms with E-state index >= 15 is 0 Å². The molecule has 3 heterocycles. The molecular weight excluding hydrogens is 426 g/mol. The van der Waals surface area contributed by atoms with E-state index in [-0.39, 0.29) is 17.6 Å². The summed E-state index contributed by atoms with van der Waals surface area (Å²) in [6.07, 6.45) is 9.46. The van der Waals surface area contributed by atoms with Crippen molar-refractivity contribution in [1.82, 2.24) is 19.7 Å². The molecule has 1 aromatic carbocycles. The Morgan fingerprint density at radius 1 is 1.09 bits per heavy atom. The average Bonchev–Trinajstić information content (AvgIpc) is 3.21. The van der Waals surface area contributed by atoms with E-state index in [1.54, 1.807) is 12.4 Å². The van der Waals surface area contributed by atoms with E-state index in [0.717, 1.165) is 54.0 Å². The summed E-state index contributed by atoms with van der Waals surface area (Å²) < 4.78 is 1.81. The third-order valence-electron chi connectivity index (χ3n) is 7.75. The molecule has 174 valence electrons. The zero-order valence-corrected chi connectivity index (χ0v) is 19.2. The molecule has 2 N–H and O–H groups in total. The summed E-state index contributed by atoms with van der Waals surface area (Å²) in [6.45, 7) is 2.20. The minimum Gasteiger partial charge on any atom is -0.383 e. The average molecular weight is 456 g/mol. The molecule has 3 aliphatic rings. The zero-order chi connectivity index (χ0) is 23.2. The lowest BCUT2D eigenvalue weighted by atomic mass is 9.94. The third kappa shape index (κ3) is 4.11. The molecule has 1 amide bonds. The van der Waals surface area contributed by atoms with E-state index < -0.39 is 0 Å². The highest BCUT2D eigenvalue weighted by Crippen LogP contribution is 2.45. The van der Waals surface area contributed by atoms with Crippen molar-refractivity contribution in [3.8, 4) is 0 Å². The number of aromatic nitrogens is 3. The highest BCUT2D eigenvalue weighted by molar-refractivity contribution is 5.96. The van der Waals surface area contributed by atoms with Gasteiger partial charge < -0.3 is 10.6 Å². The number of piperidine rings is 1. The van der Waals surface area contributed by atoms with E-state index in [1.165, 1.54) is 6.42 Å². The molecule has 6 rings (SSSR count). The summed E-state index contributed by atoms with van der Waals surface area (Å²) in [4.78, 5) is 31.4. The lowest BCUT2D eigenvalue weighted by molar-refractivity contribution is -0.134. The number of rotatable bonds is 7. The Morgan fingerprint density at radius 2 is 1.88 bits per heavy atom. The number of amides is 1. The lowest BCUT2D eigenvalue weighted by Gasteiger charge is -2.26. The van der Waals surface area contributed by atoms with Gasteiger partial charge in [-0.3, -0.25) is 14.3 Å². The van der Waals surface area contributed by atoms with Crippen molar-refractivity contribution in [3.63, 3.8) is 0 Å². The SMILES string of the molecule is Nc1nccc2c1CC[C@H]2CC(=O)c1cnn(Cc2ccc(CN3CC4CC4CC3=O)cc2)c1. The molecule has 3 aromatic rings. The number of anilines is 1. The van der Waals surface area contributed by atoms with Gasteiger partial charge in [0.2, 0.25) is 5.91 Å². The Balaban J connectivity index is 1.06. The number of carbonyl (C=O) groups excluding carboxylic acids is 2. The molecule has 0 radical (unpaired) electrons. The minimum absolute atomic E-state index is 0.110. The number of ketones is 1. The zero-order valence-electron chi connectivity index (χ0n) is 19.2. The summed E-state index contributed by atoms with van der Waals surface area (Å²) in [7, 11) is 0. The molecule has 1 saturated heterocycles. The van der Waals surface area contributed by atoms with Crippen LogP contribution in [0.25, 0.3) is 0 Å². The van der Waals surface area contributed by atoms with Crippen LogP contribution < -0.4 is 5.73 Å². The number of carbonyl (C=O) groups is 2. The molecule has 2 aliphatic carbocycles. The molecule has 0 bridgehead atoms. The van der Waals surface area contributed by atoms with Gasteiger partial charge in [-0.05, 0) is 65.3 Å². The number of pyridine rings is 1. The molecule has 2 aromatic heterocycles. The maximum atomic E-state index is 12.9. The van der Waals surface area contributed by atoms with Gasteiger partial charge in [0, 0.05) is 38.3 Å². The lowest BCUT2D eigenvalue weighted by Crippen LogP contribution is -2.36. The fourth-order valence-electron chi connectivity index (χ4n) is 5.63. The highest BCUT2D eigenvalue weighted by Gasteiger charge is 2.44.